The molecule has 0 aliphatic heterocycles. The van der Waals surface area contributed by atoms with E-state index in [0.29, 0.717) is 11.9 Å². The fourth-order valence-corrected chi connectivity index (χ4v) is 1.90. The van der Waals surface area contributed by atoms with Crippen molar-refractivity contribution in [1.82, 2.24) is 15.0 Å². The molecule has 5 nitrogen and oxygen atoms in total. The molecule has 0 aliphatic carbocycles. The Morgan fingerprint density at radius 1 is 1.25 bits per heavy atom. The molecular formula is C15H21N5. The third kappa shape index (κ3) is 4.19. The number of nitrogens with zero attached hydrogens (tertiary/aromatic N) is 3. The Bertz CT molecular complexity index is 539. The van der Waals surface area contributed by atoms with Gasteiger partial charge in [-0.15, -0.1) is 0 Å². The molecule has 0 fully saturated rings. The van der Waals surface area contributed by atoms with E-state index in [-0.39, 0.29) is 0 Å². The summed E-state index contributed by atoms with van der Waals surface area (Å²) in [6.45, 7) is 5.02. The summed E-state index contributed by atoms with van der Waals surface area (Å²) in [7, 11) is 0. The van der Waals surface area contributed by atoms with Crippen LogP contribution >= 0.6 is 0 Å². The lowest BCUT2D eigenvalue weighted by Crippen LogP contribution is -2.09. The molecular weight excluding hydrogens is 250 g/mol. The largest absolute Gasteiger partial charge is 0.370 e. The Morgan fingerprint density at radius 2 is 2.10 bits per heavy atom. The van der Waals surface area contributed by atoms with Crippen LogP contribution in [0.3, 0.4) is 0 Å². The van der Waals surface area contributed by atoms with Crippen LogP contribution in [0.5, 0.6) is 0 Å². The average molecular weight is 271 g/mol. The maximum absolute atomic E-state index is 5.72. The van der Waals surface area contributed by atoms with Crippen LogP contribution in [0.1, 0.15) is 37.6 Å². The van der Waals surface area contributed by atoms with Gasteiger partial charge in [-0.1, -0.05) is 19.9 Å². The van der Waals surface area contributed by atoms with Gasteiger partial charge >= 0.3 is 0 Å². The minimum atomic E-state index is 0.323. The van der Waals surface area contributed by atoms with Gasteiger partial charge in [-0.25, -0.2) is 4.98 Å². The van der Waals surface area contributed by atoms with E-state index >= 15 is 0 Å². The van der Waals surface area contributed by atoms with Crippen molar-refractivity contribution >= 4 is 11.8 Å². The number of nitrogen functional groups attached to an aromatic ring is 1. The number of rotatable bonds is 6. The molecule has 0 amide bonds. The lowest BCUT2D eigenvalue weighted by Gasteiger charge is -2.10. The number of aromatic nitrogens is 3. The minimum Gasteiger partial charge on any atom is -0.370 e. The van der Waals surface area contributed by atoms with Crippen LogP contribution in [0.15, 0.2) is 30.5 Å². The molecule has 0 atom stereocenters. The number of nitrogens with one attached hydrogen (secondary N) is 1. The number of aryl methyl sites for hydroxylation is 1. The Morgan fingerprint density at radius 3 is 2.80 bits per heavy atom. The molecule has 0 spiro atoms. The van der Waals surface area contributed by atoms with E-state index in [1.54, 1.807) is 0 Å². The molecule has 0 bridgehead atoms. The fraction of sp³-hybridized carbons (Fsp3) is 0.400. The summed E-state index contributed by atoms with van der Waals surface area (Å²) in [5.41, 5.74) is 7.79. The quantitative estimate of drug-likeness (QED) is 0.790. The highest BCUT2D eigenvalue weighted by atomic mass is 15.1. The first-order chi connectivity index (χ1) is 9.65. The van der Waals surface area contributed by atoms with Crippen molar-refractivity contribution in [3.8, 4) is 0 Å². The monoisotopic (exact) mass is 271 g/mol. The third-order valence-corrected chi connectivity index (χ3v) is 3.00. The lowest BCUT2D eigenvalue weighted by atomic mass is 10.1. The topological polar surface area (TPSA) is 76.7 Å². The van der Waals surface area contributed by atoms with Gasteiger partial charge in [0.05, 0.1) is 5.69 Å². The smallest absolute Gasteiger partial charge is 0.222 e. The summed E-state index contributed by atoms with van der Waals surface area (Å²) in [5, 5.41) is 3.29. The zero-order chi connectivity index (χ0) is 14.4. The van der Waals surface area contributed by atoms with Crippen LogP contribution in [0, 0.1) is 0 Å². The second kappa shape index (κ2) is 6.84. The first-order valence-electron chi connectivity index (χ1n) is 6.93. The van der Waals surface area contributed by atoms with E-state index in [2.05, 4.69) is 34.1 Å². The van der Waals surface area contributed by atoms with Gasteiger partial charge in [-0.05, 0) is 30.9 Å². The number of nitrogens with two attached hydrogens (primary N) is 1. The van der Waals surface area contributed by atoms with Crippen molar-refractivity contribution in [3.05, 3.63) is 41.9 Å². The Labute approximate surface area is 119 Å². The second-order valence-corrected chi connectivity index (χ2v) is 5.04. The van der Waals surface area contributed by atoms with Crippen LogP contribution in [0.25, 0.3) is 0 Å². The van der Waals surface area contributed by atoms with E-state index < -0.39 is 0 Å². The van der Waals surface area contributed by atoms with Gasteiger partial charge < -0.3 is 11.1 Å². The van der Waals surface area contributed by atoms with Gasteiger partial charge in [-0.2, -0.15) is 4.98 Å². The summed E-state index contributed by atoms with van der Waals surface area (Å²) in [4.78, 5) is 12.7. The molecule has 0 unspecified atom stereocenters. The van der Waals surface area contributed by atoms with Crippen molar-refractivity contribution in [1.29, 1.82) is 0 Å². The molecule has 2 aromatic rings. The van der Waals surface area contributed by atoms with Crippen molar-refractivity contribution < 1.29 is 0 Å². The molecule has 106 valence electrons. The molecule has 0 saturated carbocycles. The van der Waals surface area contributed by atoms with Gasteiger partial charge in [0.25, 0.3) is 0 Å². The number of anilines is 2. The molecule has 0 aromatic carbocycles. The van der Waals surface area contributed by atoms with Crippen LogP contribution in [0.2, 0.25) is 0 Å². The van der Waals surface area contributed by atoms with Gasteiger partial charge in [0, 0.05) is 24.5 Å². The van der Waals surface area contributed by atoms with E-state index in [0.717, 1.165) is 36.6 Å². The number of pyridine rings is 1. The standard InChI is InChI=1S/C15H21N5/c1-11(2)13-10-14(20-15(16)19-13)18-9-5-7-12-6-3-4-8-17-12/h3-4,6,8,10-11H,5,7,9H2,1-2H3,(H3,16,18,19,20). The normalized spacial score (nSPS) is 10.8. The first-order valence-corrected chi connectivity index (χ1v) is 6.93. The number of hydrogen-bond donors (Lipinski definition) is 2. The minimum absolute atomic E-state index is 0.323. The van der Waals surface area contributed by atoms with Crippen LogP contribution < -0.4 is 11.1 Å². The lowest BCUT2D eigenvalue weighted by molar-refractivity contribution is 0.810. The second-order valence-electron chi connectivity index (χ2n) is 5.04. The van der Waals surface area contributed by atoms with Crippen molar-refractivity contribution in [3.63, 3.8) is 0 Å². The van der Waals surface area contributed by atoms with Crippen LogP contribution in [-0.2, 0) is 6.42 Å². The number of hydrogen-bond acceptors (Lipinski definition) is 5. The van der Waals surface area contributed by atoms with E-state index in [9.17, 15) is 0 Å². The van der Waals surface area contributed by atoms with Crippen molar-refractivity contribution in [2.75, 3.05) is 17.6 Å². The zero-order valence-corrected chi connectivity index (χ0v) is 12.0. The highest BCUT2D eigenvalue weighted by Gasteiger charge is 2.05. The van der Waals surface area contributed by atoms with E-state index in [4.69, 9.17) is 5.73 Å². The third-order valence-electron chi connectivity index (χ3n) is 3.00. The average Bonchev–Trinajstić information content (AvgIpc) is 2.44. The highest BCUT2D eigenvalue weighted by molar-refractivity contribution is 5.41. The van der Waals surface area contributed by atoms with Gasteiger partial charge in [0.1, 0.15) is 5.82 Å². The zero-order valence-electron chi connectivity index (χ0n) is 12.0. The molecule has 2 aromatic heterocycles. The predicted molar refractivity (Wildman–Crippen MR) is 81.6 cm³/mol. The summed E-state index contributed by atoms with van der Waals surface area (Å²) in [5.74, 6) is 1.46. The maximum atomic E-state index is 5.72. The molecule has 2 heterocycles. The van der Waals surface area contributed by atoms with E-state index in [1.807, 2.05) is 30.5 Å². The van der Waals surface area contributed by atoms with Crippen LogP contribution in [-0.4, -0.2) is 21.5 Å². The summed E-state index contributed by atoms with van der Waals surface area (Å²) < 4.78 is 0. The Hall–Kier alpha value is -2.17. The molecule has 5 heteroatoms. The summed E-state index contributed by atoms with van der Waals surface area (Å²) in [6.07, 6.45) is 3.77. The molecule has 0 saturated heterocycles. The maximum Gasteiger partial charge on any atom is 0.222 e. The molecule has 3 N–H and O–H groups in total. The Kier molecular flexibility index (Phi) is 4.87. The SMILES string of the molecule is CC(C)c1cc(NCCCc2ccccn2)nc(N)n1. The summed E-state index contributed by atoms with van der Waals surface area (Å²) >= 11 is 0. The first kappa shape index (κ1) is 14.2. The molecule has 0 aliphatic rings. The van der Waals surface area contributed by atoms with Gasteiger partial charge in [0.2, 0.25) is 5.95 Å². The van der Waals surface area contributed by atoms with Crippen molar-refractivity contribution in [2.24, 2.45) is 0 Å². The van der Waals surface area contributed by atoms with E-state index in [1.165, 1.54) is 0 Å². The molecule has 2 rings (SSSR count). The molecule has 20 heavy (non-hydrogen) atoms. The van der Waals surface area contributed by atoms with Crippen LogP contribution in [0.4, 0.5) is 11.8 Å². The Balaban J connectivity index is 1.85. The fourth-order valence-electron chi connectivity index (χ4n) is 1.90. The summed E-state index contributed by atoms with van der Waals surface area (Å²) in [6, 6.07) is 7.94. The molecule has 0 radical (unpaired) electrons. The highest BCUT2D eigenvalue weighted by Crippen LogP contribution is 2.16. The van der Waals surface area contributed by atoms with Crippen molar-refractivity contribution in [2.45, 2.75) is 32.6 Å². The van der Waals surface area contributed by atoms with Gasteiger partial charge in [-0.3, -0.25) is 4.98 Å². The predicted octanol–water partition coefficient (Wildman–Crippen LogP) is 2.62. The van der Waals surface area contributed by atoms with Gasteiger partial charge in [0.15, 0.2) is 0 Å².